The predicted octanol–water partition coefficient (Wildman–Crippen LogP) is 4.88. The summed E-state index contributed by atoms with van der Waals surface area (Å²) in [6, 6.07) is 0.386. The van der Waals surface area contributed by atoms with Gasteiger partial charge in [-0.25, -0.2) is 0 Å². The number of halogens is 2. The van der Waals surface area contributed by atoms with Crippen molar-refractivity contribution in [2.45, 2.75) is 45.1 Å². The van der Waals surface area contributed by atoms with Gasteiger partial charge in [0.2, 0.25) is 0 Å². The van der Waals surface area contributed by atoms with E-state index in [4.69, 9.17) is 11.6 Å². The molecule has 0 radical (unpaired) electrons. The number of hydrogen-bond acceptors (Lipinski definition) is 2. The molecule has 5 heteroatoms. The number of nitrogens with zero attached hydrogens (tertiary/aromatic N) is 1. The Kier molecular flexibility index (Phi) is 5.72. The van der Waals surface area contributed by atoms with Crippen LogP contribution in [0, 0.1) is 6.92 Å². The van der Waals surface area contributed by atoms with E-state index in [1.54, 1.807) is 0 Å². The van der Waals surface area contributed by atoms with Gasteiger partial charge < -0.3 is 4.90 Å². The molecule has 0 N–H and O–H groups in total. The van der Waals surface area contributed by atoms with Crippen LogP contribution >= 0.6 is 38.9 Å². The molecule has 0 atom stereocenters. The summed E-state index contributed by atoms with van der Waals surface area (Å²) in [5.74, 6) is 0.106. The molecule has 106 valence electrons. The number of carbonyl (C=O) groups is 1. The average Bonchev–Trinajstić information content (AvgIpc) is 2.77. The number of rotatable bonds is 4. The summed E-state index contributed by atoms with van der Waals surface area (Å²) in [4.78, 5) is 15.4. The summed E-state index contributed by atoms with van der Waals surface area (Å²) in [6.45, 7) is 2.71. The monoisotopic (exact) mass is 363 g/mol. The molecule has 2 nitrogen and oxygen atoms in total. The van der Waals surface area contributed by atoms with E-state index in [9.17, 15) is 4.79 Å². The van der Waals surface area contributed by atoms with Crippen molar-refractivity contribution in [3.8, 4) is 0 Å². The second kappa shape index (κ2) is 7.09. The van der Waals surface area contributed by atoms with Crippen LogP contribution < -0.4 is 0 Å². The van der Waals surface area contributed by atoms with Crippen molar-refractivity contribution in [3.05, 3.63) is 20.8 Å². The van der Waals surface area contributed by atoms with E-state index in [0.717, 1.165) is 30.3 Å². The van der Waals surface area contributed by atoms with Gasteiger partial charge in [-0.15, -0.1) is 11.3 Å². The van der Waals surface area contributed by atoms with E-state index in [-0.39, 0.29) is 5.91 Å². The summed E-state index contributed by atoms with van der Waals surface area (Å²) in [5.41, 5.74) is 0.998. The Balaban J connectivity index is 2.18. The van der Waals surface area contributed by atoms with Gasteiger partial charge in [0.15, 0.2) is 0 Å². The van der Waals surface area contributed by atoms with Gasteiger partial charge in [-0.2, -0.15) is 0 Å². The zero-order chi connectivity index (χ0) is 13.8. The van der Waals surface area contributed by atoms with Gasteiger partial charge in [-0.05, 0) is 30.7 Å². The van der Waals surface area contributed by atoms with E-state index >= 15 is 0 Å². The summed E-state index contributed by atoms with van der Waals surface area (Å²) < 4.78 is 0. The van der Waals surface area contributed by atoms with Crippen molar-refractivity contribution in [3.63, 3.8) is 0 Å². The Labute approximate surface area is 132 Å². The van der Waals surface area contributed by atoms with Gasteiger partial charge in [0.05, 0.1) is 5.02 Å². The summed E-state index contributed by atoms with van der Waals surface area (Å²) in [7, 11) is 0. The molecule has 1 aliphatic rings. The van der Waals surface area contributed by atoms with Crippen molar-refractivity contribution in [1.82, 2.24) is 4.90 Å². The van der Waals surface area contributed by atoms with Crippen molar-refractivity contribution in [1.29, 1.82) is 0 Å². The lowest BCUT2D eigenvalue weighted by Gasteiger charge is -2.34. The largest absolute Gasteiger partial charge is 0.334 e. The fourth-order valence-corrected chi connectivity index (χ4v) is 4.25. The number of thiophene rings is 1. The van der Waals surface area contributed by atoms with Crippen LogP contribution in [0.15, 0.2) is 5.38 Å². The van der Waals surface area contributed by atoms with E-state index < -0.39 is 0 Å². The molecule has 0 aliphatic heterocycles. The fourth-order valence-electron chi connectivity index (χ4n) is 2.64. The standard InChI is InChI=1S/C14H19BrClNOS/c1-10-9-19-13(12(10)16)14(18)17(8-7-15)11-5-3-2-4-6-11/h9,11H,2-8H2,1H3. The smallest absolute Gasteiger partial charge is 0.265 e. The van der Waals surface area contributed by atoms with Crippen molar-refractivity contribution in [2.24, 2.45) is 0 Å². The highest BCUT2D eigenvalue weighted by atomic mass is 79.9. The summed E-state index contributed by atoms with van der Waals surface area (Å²) in [5, 5.41) is 3.41. The Bertz CT molecular complexity index is 443. The lowest BCUT2D eigenvalue weighted by molar-refractivity contribution is 0.0656. The highest BCUT2D eigenvalue weighted by Gasteiger charge is 2.28. The first-order valence-electron chi connectivity index (χ1n) is 6.75. The minimum absolute atomic E-state index is 0.106. The first-order chi connectivity index (χ1) is 9.15. The lowest BCUT2D eigenvalue weighted by Crippen LogP contribution is -2.42. The Morgan fingerprint density at radius 2 is 2.16 bits per heavy atom. The molecule has 0 unspecified atom stereocenters. The normalized spacial score (nSPS) is 16.6. The van der Waals surface area contributed by atoms with E-state index in [1.807, 2.05) is 17.2 Å². The van der Waals surface area contributed by atoms with Crippen LogP contribution in [0.2, 0.25) is 5.02 Å². The van der Waals surface area contributed by atoms with Crippen LogP contribution in [-0.2, 0) is 0 Å². The van der Waals surface area contributed by atoms with Gasteiger partial charge in [0.25, 0.3) is 5.91 Å². The maximum absolute atomic E-state index is 12.7. The van der Waals surface area contributed by atoms with Crippen LogP contribution in [0.3, 0.4) is 0 Å². The second-order valence-electron chi connectivity index (χ2n) is 5.04. The lowest BCUT2D eigenvalue weighted by atomic mass is 9.94. The van der Waals surface area contributed by atoms with Gasteiger partial charge in [-0.1, -0.05) is 46.8 Å². The van der Waals surface area contributed by atoms with Crippen LogP contribution in [0.25, 0.3) is 0 Å². The van der Waals surface area contributed by atoms with Gasteiger partial charge >= 0.3 is 0 Å². The molecule has 0 spiro atoms. The Morgan fingerprint density at radius 3 is 2.68 bits per heavy atom. The fraction of sp³-hybridized carbons (Fsp3) is 0.643. The summed E-state index contributed by atoms with van der Waals surface area (Å²) in [6.07, 6.45) is 6.01. The van der Waals surface area contributed by atoms with Crippen molar-refractivity contribution >= 4 is 44.8 Å². The highest BCUT2D eigenvalue weighted by molar-refractivity contribution is 9.09. The maximum Gasteiger partial charge on any atom is 0.265 e. The molecule has 1 saturated carbocycles. The molecule has 2 rings (SSSR count). The molecule has 0 saturated heterocycles. The molecular formula is C14H19BrClNOS. The predicted molar refractivity (Wildman–Crippen MR) is 85.8 cm³/mol. The van der Waals surface area contributed by atoms with Gasteiger partial charge in [0.1, 0.15) is 4.88 Å². The van der Waals surface area contributed by atoms with E-state index in [0.29, 0.717) is 15.9 Å². The quantitative estimate of drug-likeness (QED) is 0.697. The van der Waals surface area contributed by atoms with Crippen molar-refractivity contribution in [2.75, 3.05) is 11.9 Å². The molecule has 1 heterocycles. The first kappa shape index (κ1) is 15.3. The molecule has 1 amide bonds. The topological polar surface area (TPSA) is 20.3 Å². The molecule has 1 fully saturated rings. The molecule has 0 bridgehead atoms. The molecule has 1 aromatic rings. The third kappa shape index (κ3) is 3.53. The van der Waals surface area contributed by atoms with E-state index in [1.165, 1.54) is 30.6 Å². The zero-order valence-corrected chi connectivity index (χ0v) is 14.3. The van der Waals surface area contributed by atoms with Crippen LogP contribution in [0.1, 0.15) is 47.3 Å². The van der Waals surface area contributed by atoms with Crippen molar-refractivity contribution < 1.29 is 4.79 Å². The SMILES string of the molecule is Cc1csc(C(=O)N(CCBr)C2CCCCC2)c1Cl. The van der Waals surface area contributed by atoms with Crippen LogP contribution in [0.4, 0.5) is 0 Å². The molecule has 1 aromatic heterocycles. The average molecular weight is 365 g/mol. The number of aryl methyl sites for hydroxylation is 1. The zero-order valence-electron chi connectivity index (χ0n) is 11.1. The minimum Gasteiger partial charge on any atom is -0.334 e. The van der Waals surface area contributed by atoms with E-state index in [2.05, 4.69) is 15.9 Å². The number of carbonyl (C=O) groups excluding carboxylic acids is 1. The summed E-state index contributed by atoms with van der Waals surface area (Å²) >= 11 is 11.2. The third-order valence-corrected chi connectivity index (χ3v) is 5.73. The minimum atomic E-state index is 0.106. The maximum atomic E-state index is 12.7. The second-order valence-corrected chi connectivity index (χ2v) is 7.09. The van der Waals surface area contributed by atoms with Crippen LogP contribution in [-0.4, -0.2) is 28.7 Å². The molecule has 1 aliphatic carbocycles. The Hall–Kier alpha value is -0.0600. The first-order valence-corrected chi connectivity index (χ1v) is 9.13. The number of alkyl halides is 1. The molecule has 19 heavy (non-hydrogen) atoms. The molecule has 0 aromatic carbocycles. The highest BCUT2D eigenvalue weighted by Crippen LogP contribution is 2.31. The number of hydrogen-bond donors (Lipinski definition) is 0. The number of amides is 1. The van der Waals surface area contributed by atoms with Gasteiger partial charge in [-0.3, -0.25) is 4.79 Å². The third-order valence-electron chi connectivity index (χ3n) is 3.70. The molecular weight excluding hydrogens is 346 g/mol. The van der Waals surface area contributed by atoms with Crippen LogP contribution in [0.5, 0.6) is 0 Å². The van der Waals surface area contributed by atoms with Gasteiger partial charge in [0, 0.05) is 17.9 Å². The Morgan fingerprint density at radius 1 is 1.47 bits per heavy atom.